The van der Waals surface area contributed by atoms with Gasteiger partial charge in [-0.2, -0.15) is 5.10 Å². The number of imidazole rings is 1. The van der Waals surface area contributed by atoms with E-state index in [1.54, 1.807) is 27.6 Å². The van der Waals surface area contributed by atoms with E-state index < -0.39 is 0 Å². The van der Waals surface area contributed by atoms with E-state index >= 15 is 0 Å². The van der Waals surface area contributed by atoms with Crippen molar-refractivity contribution in [2.45, 2.75) is 32.2 Å². The minimum absolute atomic E-state index is 0.0108. The minimum Gasteiger partial charge on any atom is -0.319 e. The predicted octanol–water partition coefficient (Wildman–Crippen LogP) is 2.67. The van der Waals surface area contributed by atoms with E-state index in [1.807, 2.05) is 32.2 Å². The maximum atomic E-state index is 12.7. The van der Waals surface area contributed by atoms with Crippen molar-refractivity contribution < 1.29 is 9.59 Å². The molecule has 0 unspecified atom stereocenters. The molecule has 138 valence electrons. The lowest BCUT2D eigenvalue weighted by atomic mass is 10.1. The van der Waals surface area contributed by atoms with E-state index in [-0.39, 0.29) is 24.1 Å². The normalized spacial score (nSPS) is 13.6. The number of hydrogen-bond acceptors (Lipinski definition) is 4. The molecule has 1 aliphatic carbocycles. The van der Waals surface area contributed by atoms with Crippen LogP contribution in [0, 0.1) is 6.92 Å². The molecule has 0 bridgehead atoms. The molecule has 7 nitrogen and oxygen atoms in total. The highest BCUT2D eigenvalue weighted by atomic mass is 16.2. The molecular weight excluding hydrogens is 342 g/mol. The minimum atomic E-state index is -0.226. The molecule has 1 fully saturated rings. The third-order valence-electron chi connectivity index (χ3n) is 4.71. The molecule has 0 spiro atoms. The first kappa shape index (κ1) is 17.2. The lowest BCUT2D eigenvalue weighted by Crippen LogP contribution is -2.22. The summed E-state index contributed by atoms with van der Waals surface area (Å²) in [4.78, 5) is 29.3. The number of carbonyl (C=O) groups excluding carboxylic acids is 2. The summed E-state index contributed by atoms with van der Waals surface area (Å²) in [6.07, 6.45) is 5.48. The number of benzene rings is 1. The van der Waals surface area contributed by atoms with Gasteiger partial charge >= 0.3 is 0 Å². The Morgan fingerprint density at radius 3 is 2.67 bits per heavy atom. The predicted molar refractivity (Wildman–Crippen MR) is 101 cm³/mol. The van der Waals surface area contributed by atoms with E-state index in [9.17, 15) is 9.59 Å². The summed E-state index contributed by atoms with van der Waals surface area (Å²) in [6, 6.07) is 9.22. The summed E-state index contributed by atoms with van der Waals surface area (Å²) >= 11 is 0. The van der Waals surface area contributed by atoms with Crippen molar-refractivity contribution in [3.8, 4) is 0 Å². The van der Waals surface area contributed by atoms with Gasteiger partial charge < -0.3 is 9.88 Å². The number of aromatic nitrogens is 4. The van der Waals surface area contributed by atoms with Crippen LogP contribution in [-0.4, -0.2) is 31.0 Å². The number of rotatable bonds is 6. The summed E-state index contributed by atoms with van der Waals surface area (Å²) in [5, 5.41) is 7.31. The topological polar surface area (TPSA) is 81.8 Å². The van der Waals surface area contributed by atoms with Gasteiger partial charge in [-0.3, -0.25) is 14.3 Å². The SMILES string of the molecule is Cc1ccc(C(=O)c2nccn2CC(=O)Nc2cc(C3CC3)nn2C)cc1. The third kappa shape index (κ3) is 3.67. The van der Waals surface area contributed by atoms with E-state index in [0.29, 0.717) is 17.3 Å². The van der Waals surface area contributed by atoms with Crippen molar-refractivity contribution >= 4 is 17.5 Å². The van der Waals surface area contributed by atoms with Gasteiger partial charge in [-0.05, 0) is 19.8 Å². The highest BCUT2D eigenvalue weighted by Crippen LogP contribution is 2.39. The van der Waals surface area contributed by atoms with Gasteiger partial charge in [-0.1, -0.05) is 29.8 Å². The molecule has 0 radical (unpaired) electrons. The quantitative estimate of drug-likeness (QED) is 0.683. The number of nitrogens with zero attached hydrogens (tertiary/aromatic N) is 4. The number of aryl methyl sites for hydroxylation is 2. The Hall–Kier alpha value is -3.22. The van der Waals surface area contributed by atoms with Crippen LogP contribution in [0.4, 0.5) is 5.82 Å². The number of amides is 1. The molecule has 2 heterocycles. The van der Waals surface area contributed by atoms with Gasteiger partial charge in [0.2, 0.25) is 11.7 Å². The summed E-state index contributed by atoms with van der Waals surface area (Å²) in [7, 11) is 1.81. The van der Waals surface area contributed by atoms with Crippen LogP contribution in [-0.2, 0) is 18.4 Å². The Kier molecular flexibility index (Phi) is 4.35. The second kappa shape index (κ2) is 6.83. The second-order valence-electron chi connectivity index (χ2n) is 6.97. The Balaban J connectivity index is 1.47. The largest absolute Gasteiger partial charge is 0.319 e. The highest BCUT2D eigenvalue weighted by molar-refractivity contribution is 6.07. The zero-order chi connectivity index (χ0) is 19.0. The van der Waals surface area contributed by atoms with Gasteiger partial charge in [0, 0.05) is 37.0 Å². The van der Waals surface area contributed by atoms with Crippen LogP contribution in [0.1, 0.15) is 46.2 Å². The number of carbonyl (C=O) groups is 2. The number of hydrogen-bond donors (Lipinski definition) is 1. The van der Waals surface area contributed by atoms with Gasteiger partial charge in [0.15, 0.2) is 5.82 Å². The molecule has 1 saturated carbocycles. The van der Waals surface area contributed by atoms with Crippen molar-refractivity contribution in [2.75, 3.05) is 5.32 Å². The van der Waals surface area contributed by atoms with Crippen molar-refractivity contribution in [1.29, 1.82) is 0 Å². The Labute approximate surface area is 157 Å². The van der Waals surface area contributed by atoms with Crippen LogP contribution in [0.25, 0.3) is 0 Å². The highest BCUT2D eigenvalue weighted by Gasteiger charge is 2.27. The molecule has 1 aliphatic rings. The fourth-order valence-corrected chi connectivity index (χ4v) is 3.00. The smallest absolute Gasteiger partial charge is 0.245 e. The van der Waals surface area contributed by atoms with Crippen molar-refractivity contribution in [1.82, 2.24) is 19.3 Å². The maximum absolute atomic E-state index is 12.7. The molecule has 3 aromatic rings. The van der Waals surface area contributed by atoms with E-state index in [4.69, 9.17) is 0 Å². The molecule has 4 rings (SSSR count). The van der Waals surface area contributed by atoms with Crippen LogP contribution in [0.2, 0.25) is 0 Å². The van der Waals surface area contributed by atoms with Gasteiger partial charge in [-0.25, -0.2) is 4.98 Å². The maximum Gasteiger partial charge on any atom is 0.245 e. The monoisotopic (exact) mass is 363 g/mol. The van der Waals surface area contributed by atoms with Crippen LogP contribution < -0.4 is 5.32 Å². The van der Waals surface area contributed by atoms with Gasteiger partial charge in [0.25, 0.3) is 0 Å². The van der Waals surface area contributed by atoms with Crippen molar-refractivity contribution in [2.24, 2.45) is 7.05 Å². The first-order chi connectivity index (χ1) is 13.0. The average molecular weight is 363 g/mol. The van der Waals surface area contributed by atoms with Gasteiger partial charge in [-0.15, -0.1) is 0 Å². The third-order valence-corrected chi connectivity index (χ3v) is 4.71. The second-order valence-corrected chi connectivity index (χ2v) is 6.97. The van der Waals surface area contributed by atoms with Crippen molar-refractivity contribution in [3.05, 3.63) is 65.4 Å². The number of anilines is 1. The lowest BCUT2D eigenvalue weighted by molar-refractivity contribution is -0.116. The molecule has 7 heteroatoms. The summed E-state index contributed by atoms with van der Waals surface area (Å²) in [5.41, 5.74) is 2.65. The molecule has 1 aromatic carbocycles. The lowest BCUT2D eigenvalue weighted by Gasteiger charge is -2.08. The summed E-state index contributed by atoms with van der Waals surface area (Å²) in [6.45, 7) is 1.98. The van der Waals surface area contributed by atoms with Crippen molar-refractivity contribution in [3.63, 3.8) is 0 Å². The van der Waals surface area contributed by atoms with E-state index in [1.165, 1.54) is 6.20 Å². The molecular formula is C20H21N5O2. The Bertz CT molecular complexity index is 996. The number of nitrogens with one attached hydrogen (secondary N) is 1. The van der Waals surface area contributed by atoms with E-state index in [0.717, 1.165) is 24.1 Å². The fraction of sp³-hybridized carbons (Fsp3) is 0.300. The molecule has 0 saturated heterocycles. The van der Waals surface area contributed by atoms with Gasteiger partial charge in [0.1, 0.15) is 12.4 Å². The van der Waals surface area contributed by atoms with Gasteiger partial charge in [0.05, 0.1) is 5.69 Å². The van der Waals surface area contributed by atoms with E-state index in [2.05, 4.69) is 15.4 Å². The van der Waals surface area contributed by atoms with Crippen LogP contribution in [0.15, 0.2) is 42.7 Å². The first-order valence-corrected chi connectivity index (χ1v) is 8.97. The standard InChI is InChI=1S/C20H21N5O2/c1-13-3-5-15(6-4-13)19(27)20-21-9-10-25(20)12-18(26)22-17-11-16(14-7-8-14)23-24(17)2/h3-6,9-11,14H,7-8,12H2,1-2H3,(H,22,26). The Morgan fingerprint density at radius 1 is 1.22 bits per heavy atom. The summed E-state index contributed by atoms with van der Waals surface area (Å²) in [5.74, 6) is 1.00. The Morgan fingerprint density at radius 2 is 1.96 bits per heavy atom. The van der Waals surface area contributed by atoms with Crippen LogP contribution in [0.3, 0.4) is 0 Å². The summed E-state index contributed by atoms with van der Waals surface area (Å²) < 4.78 is 3.24. The molecule has 1 N–H and O–H groups in total. The number of ketones is 1. The molecule has 27 heavy (non-hydrogen) atoms. The van der Waals surface area contributed by atoms with Crippen LogP contribution >= 0.6 is 0 Å². The molecule has 0 aliphatic heterocycles. The zero-order valence-corrected chi connectivity index (χ0v) is 15.3. The molecule has 2 aromatic heterocycles. The van der Waals surface area contributed by atoms with Crippen LogP contribution in [0.5, 0.6) is 0 Å². The zero-order valence-electron chi connectivity index (χ0n) is 15.3. The molecule has 1 amide bonds. The molecule has 0 atom stereocenters. The average Bonchev–Trinajstić information content (AvgIpc) is 3.30. The first-order valence-electron chi connectivity index (χ1n) is 8.97. The fourth-order valence-electron chi connectivity index (χ4n) is 3.00.